The van der Waals surface area contributed by atoms with E-state index in [0.29, 0.717) is 68.3 Å². The predicted octanol–water partition coefficient (Wildman–Crippen LogP) is 2.05. The highest BCUT2D eigenvalue weighted by atomic mass is 32.2. The normalized spacial score (nSPS) is 14.6. The zero-order valence-corrected chi connectivity index (χ0v) is 26.5. The van der Waals surface area contributed by atoms with Crippen LogP contribution in [0, 0.1) is 0 Å². The van der Waals surface area contributed by atoms with Gasteiger partial charge in [0.25, 0.3) is 5.56 Å². The number of aryl methyl sites for hydroxylation is 2. The van der Waals surface area contributed by atoms with Crippen LogP contribution in [0.15, 0.2) is 27.9 Å². The molecular formula is C29H44N6O7S. The maximum atomic E-state index is 14.1. The molecule has 13 nitrogen and oxygen atoms in total. The number of ether oxygens (including phenoxy) is 4. The van der Waals surface area contributed by atoms with Crippen molar-refractivity contribution in [3.05, 3.63) is 34.2 Å². The standard InChI is InChI=1S/C29H44N6O7S/c1-5-7-24-26-27(33(3)32-24)29(36)31-28(30-26)23-21-22(8-9-25(23)42-15-6-2)43(37,38)35(14-18-41-20-19-39-4)11-10-34-12-16-40-17-13-34/h8-9,21H,5-7,10-20H2,1-4H3,(H,30,31,36). The minimum absolute atomic E-state index is 0.0768. The van der Waals surface area contributed by atoms with Crippen molar-refractivity contribution in [1.29, 1.82) is 0 Å². The minimum atomic E-state index is -3.96. The van der Waals surface area contributed by atoms with Gasteiger partial charge < -0.3 is 23.9 Å². The monoisotopic (exact) mass is 620 g/mol. The van der Waals surface area contributed by atoms with Gasteiger partial charge in [0.1, 0.15) is 17.1 Å². The number of sulfonamides is 1. The molecular weight excluding hydrogens is 576 g/mol. The van der Waals surface area contributed by atoms with Gasteiger partial charge in [0.05, 0.1) is 55.8 Å². The van der Waals surface area contributed by atoms with Crippen LogP contribution < -0.4 is 10.3 Å². The number of benzene rings is 1. The summed E-state index contributed by atoms with van der Waals surface area (Å²) >= 11 is 0. The summed E-state index contributed by atoms with van der Waals surface area (Å²) in [6, 6.07) is 4.71. The summed E-state index contributed by atoms with van der Waals surface area (Å²) in [6.07, 6.45) is 2.25. The van der Waals surface area contributed by atoms with Crippen molar-refractivity contribution in [2.75, 3.05) is 79.5 Å². The zero-order valence-electron chi connectivity index (χ0n) is 25.6. The summed E-state index contributed by atoms with van der Waals surface area (Å²) < 4.78 is 53.3. The molecule has 0 saturated carbocycles. The number of hydrogen-bond donors (Lipinski definition) is 1. The molecule has 1 aliphatic heterocycles. The summed E-state index contributed by atoms with van der Waals surface area (Å²) in [7, 11) is -0.652. The molecule has 1 aliphatic rings. The first kappa shape index (κ1) is 33.0. The van der Waals surface area contributed by atoms with Gasteiger partial charge in [-0.25, -0.2) is 13.4 Å². The largest absolute Gasteiger partial charge is 0.493 e. The molecule has 238 valence electrons. The van der Waals surface area contributed by atoms with Crippen molar-refractivity contribution < 1.29 is 27.4 Å². The average molecular weight is 621 g/mol. The molecule has 1 fully saturated rings. The molecule has 0 spiro atoms. The van der Waals surface area contributed by atoms with E-state index in [9.17, 15) is 13.2 Å². The molecule has 1 N–H and O–H groups in total. The van der Waals surface area contributed by atoms with E-state index in [-0.39, 0.29) is 36.0 Å². The number of rotatable bonds is 17. The lowest BCUT2D eigenvalue weighted by Gasteiger charge is -2.29. The Bertz CT molecular complexity index is 1500. The highest BCUT2D eigenvalue weighted by Crippen LogP contribution is 2.32. The van der Waals surface area contributed by atoms with E-state index >= 15 is 0 Å². The summed E-state index contributed by atoms with van der Waals surface area (Å²) in [5, 5.41) is 4.50. The maximum absolute atomic E-state index is 14.1. The molecule has 1 saturated heterocycles. The number of hydrogen-bond acceptors (Lipinski definition) is 10. The van der Waals surface area contributed by atoms with Gasteiger partial charge in [0.2, 0.25) is 10.0 Å². The first-order valence-corrected chi connectivity index (χ1v) is 16.3. The second-order valence-electron chi connectivity index (χ2n) is 10.4. The second-order valence-corrected chi connectivity index (χ2v) is 12.3. The highest BCUT2D eigenvalue weighted by molar-refractivity contribution is 7.89. The second kappa shape index (κ2) is 15.7. The van der Waals surface area contributed by atoms with Crippen LogP contribution in [0.2, 0.25) is 0 Å². The van der Waals surface area contributed by atoms with Gasteiger partial charge in [-0.15, -0.1) is 0 Å². The summed E-state index contributed by atoms with van der Waals surface area (Å²) in [5.41, 5.74) is 1.62. The molecule has 0 aliphatic carbocycles. The molecule has 14 heteroatoms. The maximum Gasteiger partial charge on any atom is 0.277 e. The molecule has 0 unspecified atom stereocenters. The van der Waals surface area contributed by atoms with Crippen molar-refractivity contribution in [2.45, 2.75) is 38.0 Å². The van der Waals surface area contributed by atoms with Gasteiger partial charge in [0, 0.05) is 46.9 Å². The lowest BCUT2D eigenvalue weighted by Crippen LogP contribution is -2.44. The number of nitrogens with zero attached hydrogens (tertiary/aromatic N) is 5. The minimum Gasteiger partial charge on any atom is -0.493 e. The third-order valence-electron chi connectivity index (χ3n) is 7.24. The highest BCUT2D eigenvalue weighted by Gasteiger charge is 2.27. The Hall–Kier alpha value is -2.88. The molecule has 43 heavy (non-hydrogen) atoms. The fourth-order valence-electron chi connectivity index (χ4n) is 4.96. The van der Waals surface area contributed by atoms with Crippen LogP contribution in [0.5, 0.6) is 5.75 Å². The van der Waals surface area contributed by atoms with Crippen LogP contribution in [0.25, 0.3) is 22.4 Å². The lowest BCUT2D eigenvalue weighted by molar-refractivity contribution is 0.0342. The lowest BCUT2D eigenvalue weighted by atomic mass is 10.1. The average Bonchev–Trinajstić information content (AvgIpc) is 3.32. The van der Waals surface area contributed by atoms with E-state index < -0.39 is 10.0 Å². The molecule has 0 bridgehead atoms. The fourth-order valence-corrected chi connectivity index (χ4v) is 6.40. The van der Waals surface area contributed by atoms with Gasteiger partial charge in [-0.05, 0) is 31.0 Å². The third-order valence-corrected chi connectivity index (χ3v) is 9.14. The number of methoxy groups -OCH3 is 1. The summed E-state index contributed by atoms with van der Waals surface area (Å²) in [6.45, 7) is 9.25. The van der Waals surface area contributed by atoms with Crippen molar-refractivity contribution in [3.63, 3.8) is 0 Å². The van der Waals surface area contributed by atoms with Crippen molar-refractivity contribution in [2.24, 2.45) is 7.05 Å². The smallest absolute Gasteiger partial charge is 0.277 e. The molecule has 0 radical (unpaired) electrons. The van der Waals surface area contributed by atoms with E-state index in [1.165, 1.54) is 15.1 Å². The fraction of sp³-hybridized carbons (Fsp3) is 0.621. The topological polar surface area (TPSA) is 141 Å². The van der Waals surface area contributed by atoms with Gasteiger partial charge in [-0.1, -0.05) is 20.3 Å². The molecule has 0 atom stereocenters. The Balaban J connectivity index is 1.72. The number of fused-ring (bicyclic) bond motifs is 1. The number of H-pyrrole nitrogens is 1. The van der Waals surface area contributed by atoms with Gasteiger partial charge >= 0.3 is 0 Å². The van der Waals surface area contributed by atoms with Crippen molar-refractivity contribution >= 4 is 21.1 Å². The van der Waals surface area contributed by atoms with Crippen molar-refractivity contribution in [1.82, 2.24) is 29.0 Å². The van der Waals surface area contributed by atoms with Crippen LogP contribution in [-0.4, -0.2) is 117 Å². The molecule has 3 heterocycles. The van der Waals surface area contributed by atoms with E-state index in [4.69, 9.17) is 23.9 Å². The molecule has 1 aromatic carbocycles. The zero-order chi connectivity index (χ0) is 30.8. The Morgan fingerprint density at radius 2 is 1.86 bits per heavy atom. The molecule has 3 aromatic rings. The molecule has 0 amide bonds. The number of aromatic amines is 1. The van der Waals surface area contributed by atoms with Crippen LogP contribution >= 0.6 is 0 Å². The molecule has 2 aromatic heterocycles. The number of morpholine rings is 1. The third kappa shape index (κ3) is 8.19. The summed E-state index contributed by atoms with van der Waals surface area (Å²) in [4.78, 5) is 23.1. The Kier molecular flexibility index (Phi) is 12.1. The number of aromatic nitrogens is 4. The Morgan fingerprint density at radius 1 is 1.07 bits per heavy atom. The van der Waals surface area contributed by atoms with Crippen molar-refractivity contribution in [3.8, 4) is 17.1 Å². The Morgan fingerprint density at radius 3 is 2.58 bits per heavy atom. The quantitative estimate of drug-likeness (QED) is 0.223. The van der Waals surface area contributed by atoms with Crippen LogP contribution in [0.1, 0.15) is 32.4 Å². The van der Waals surface area contributed by atoms with E-state index in [0.717, 1.165) is 31.6 Å². The van der Waals surface area contributed by atoms with Gasteiger partial charge in [-0.2, -0.15) is 9.40 Å². The van der Waals surface area contributed by atoms with Crippen LogP contribution in [0.4, 0.5) is 0 Å². The van der Waals surface area contributed by atoms with E-state index in [2.05, 4.69) is 15.0 Å². The van der Waals surface area contributed by atoms with E-state index in [1.54, 1.807) is 26.3 Å². The predicted molar refractivity (Wildman–Crippen MR) is 163 cm³/mol. The SMILES string of the molecule is CCCOc1ccc(S(=O)(=O)N(CCOCCOC)CCN2CCOCC2)cc1-c1nc2c(CCC)nn(C)c2c(=O)[nH]1. The number of nitrogens with one attached hydrogen (secondary N) is 1. The first-order chi connectivity index (χ1) is 20.8. The van der Waals surface area contributed by atoms with Gasteiger partial charge in [0.15, 0.2) is 5.52 Å². The van der Waals surface area contributed by atoms with Gasteiger partial charge in [-0.3, -0.25) is 14.4 Å². The Labute approximate surface area is 253 Å². The van der Waals surface area contributed by atoms with E-state index in [1.807, 2.05) is 13.8 Å². The first-order valence-electron chi connectivity index (χ1n) is 14.9. The van der Waals surface area contributed by atoms with Crippen LogP contribution in [-0.2, 0) is 37.7 Å². The molecule has 4 rings (SSSR count). The summed E-state index contributed by atoms with van der Waals surface area (Å²) in [5.74, 6) is 0.667. The van der Waals surface area contributed by atoms with Crippen LogP contribution in [0.3, 0.4) is 0 Å².